The van der Waals surface area contributed by atoms with Crippen molar-refractivity contribution in [3.63, 3.8) is 0 Å². The zero-order chi connectivity index (χ0) is 15.5. The predicted molar refractivity (Wildman–Crippen MR) is 78.4 cm³/mol. The molecule has 1 aromatic carbocycles. The smallest absolute Gasteiger partial charge is 0.305 e. The minimum absolute atomic E-state index is 0.102. The van der Waals surface area contributed by atoms with Crippen LogP contribution in [0.3, 0.4) is 0 Å². The lowest BCUT2D eigenvalue weighted by Crippen LogP contribution is -2.50. The van der Waals surface area contributed by atoms with Crippen LogP contribution in [0.1, 0.15) is 12.1 Å². The lowest BCUT2D eigenvalue weighted by atomic mass is 10.1. The number of aromatic nitrogens is 2. The normalized spacial score (nSPS) is 18.5. The standard InChI is InChI=1S/C15H17N3O4/c19-14(18-5-6-22-9-10(18)7-15(20)21)8-13-11-3-1-2-4-12(11)16-17-13/h1-4,10H,5-9H2,(H,16,17)(H,20,21). The fraction of sp³-hybridized carbons (Fsp3) is 0.400. The molecule has 1 saturated heterocycles. The number of hydrogen-bond acceptors (Lipinski definition) is 4. The van der Waals surface area contributed by atoms with E-state index in [2.05, 4.69) is 10.2 Å². The molecule has 1 aromatic heterocycles. The molecule has 0 saturated carbocycles. The number of carbonyl (C=O) groups is 2. The van der Waals surface area contributed by atoms with Crippen molar-refractivity contribution in [3.8, 4) is 0 Å². The molecule has 116 valence electrons. The van der Waals surface area contributed by atoms with Crippen molar-refractivity contribution < 1.29 is 19.4 Å². The molecular formula is C15H17N3O4. The summed E-state index contributed by atoms with van der Waals surface area (Å²) in [4.78, 5) is 25.1. The van der Waals surface area contributed by atoms with E-state index in [1.807, 2.05) is 24.3 Å². The number of nitrogens with zero attached hydrogens (tertiary/aromatic N) is 2. The first-order valence-corrected chi connectivity index (χ1v) is 7.16. The Balaban J connectivity index is 1.76. The number of fused-ring (bicyclic) bond motifs is 1. The Bertz CT molecular complexity index is 697. The number of para-hydroxylation sites is 1. The van der Waals surface area contributed by atoms with E-state index < -0.39 is 12.0 Å². The second-order valence-corrected chi connectivity index (χ2v) is 5.31. The number of morpholine rings is 1. The molecule has 1 amide bonds. The molecule has 1 aliphatic rings. The fourth-order valence-corrected chi connectivity index (χ4v) is 2.76. The van der Waals surface area contributed by atoms with Crippen molar-refractivity contribution in [2.24, 2.45) is 0 Å². The SMILES string of the molecule is O=C(O)CC1COCCN1C(=O)Cc1[nH]nc2ccccc12. The number of aromatic amines is 1. The van der Waals surface area contributed by atoms with Gasteiger partial charge in [-0.1, -0.05) is 18.2 Å². The van der Waals surface area contributed by atoms with E-state index in [9.17, 15) is 9.59 Å². The predicted octanol–water partition coefficient (Wildman–Crippen LogP) is 0.807. The zero-order valence-electron chi connectivity index (χ0n) is 12.0. The van der Waals surface area contributed by atoms with Gasteiger partial charge in [0.05, 0.1) is 43.3 Å². The minimum Gasteiger partial charge on any atom is -0.481 e. The first-order valence-electron chi connectivity index (χ1n) is 7.16. The Hall–Kier alpha value is -2.41. The molecule has 0 spiro atoms. The summed E-state index contributed by atoms with van der Waals surface area (Å²) in [5.41, 5.74) is 1.57. The molecule has 0 bridgehead atoms. The van der Waals surface area contributed by atoms with E-state index in [0.717, 1.165) is 16.6 Å². The number of benzene rings is 1. The van der Waals surface area contributed by atoms with Gasteiger partial charge in [-0.25, -0.2) is 0 Å². The molecule has 1 unspecified atom stereocenters. The summed E-state index contributed by atoms with van der Waals surface area (Å²) in [6.45, 7) is 1.12. The Labute approximate surface area is 126 Å². The summed E-state index contributed by atoms with van der Waals surface area (Å²) in [5, 5.41) is 16.9. The summed E-state index contributed by atoms with van der Waals surface area (Å²) in [5.74, 6) is -1.04. The van der Waals surface area contributed by atoms with Gasteiger partial charge in [-0.05, 0) is 6.07 Å². The van der Waals surface area contributed by atoms with Gasteiger partial charge in [-0.3, -0.25) is 14.7 Å². The van der Waals surface area contributed by atoms with Gasteiger partial charge in [0.25, 0.3) is 0 Å². The molecule has 1 fully saturated rings. The number of rotatable bonds is 4. The van der Waals surface area contributed by atoms with Crippen LogP contribution in [0, 0.1) is 0 Å². The van der Waals surface area contributed by atoms with Crippen LogP contribution in [0.25, 0.3) is 10.9 Å². The maximum Gasteiger partial charge on any atom is 0.305 e. The van der Waals surface area contributed by atoms with Crippen LogP contribution >= 0.6 is 0 Å². The summed E-state index contributed by atoms with van der Waals surface area (Å²) in [6.07, 6.45) is 0.0755. The van der Waals surface area contributed by atoms with Crippen LogP contribution in [0.2, 0.25) is 0 Å². The van der Waals surface area contributed by atoms with E-state index in [0.29, 0.717) is 13.2 Å². The molecule has 1 aliphatic heterocycles. The minimum atomic E-state index is -0.930. The molecule has 2 aromatic rings. The molecule has 0 aliphatic carbocycles. The number of ether oxygens (including phenoxy) is 1. The van der Waals surface area contributed by atoms with Crippen LogP contribution in [-0.2, 0) is 20.7 Å². The third-order valence-electron chi connectivity index (χ3n) is 3.83. The van der Waals surface area contributed by atoms with E-state index in [-0.39, 0.29) is 25.4 Å². The fourth-order valence-electron chi connectivity index (χ4n) is 2.76. The van der Waals surface area contributed by atoms with Crippen molar-refractivity contribution in [1.82, 2.24) is 15.1 Å². The third kappa shape index (κ3) is 2.94. The average Bonchev–Trinajstić information content (AvgIpc) is 2.90. The molecule has 22 heavy (non-hydrogen) atoms. The third-order valence-corrected chi connectivity index (χ3v) is 3.83. The van der Waals surface area contributed by atoms with Gasteiger partial charge in [0.1, 0.15) is 0 Å². The van der Waals surface area contributed by atoms with Gasteiger partial charge >= 0.3 is 5.97 Å². The molecule has 7 heteroatoms. The van der Waals surface area contributed by atoms with E-state index >= 15 is 0 Å². The van der Waals surface area contributed by atoms with Crippen LogP contribution in [-0.4, -0.2) is 57.9 Å². The zero-order valence-corrected chi connectivity index (χ0v) is 12.0. The first-order chi connectivity index (χ1) is 10.6. The van der Waals surface area contributed by atoms with Gasteiger partial charge in [0.15, 0.2) is 0 Å². The highest BCUT2D eigenvalue weighted by atomic mass is 16.5. The van der Waals surface area contributed by atoms with Crippen molar-refractivity contribution >= 4 is 22.8 Å². The molecule has 1 atom stereocenters. The molecule has 0 radical (unpaired) electrons. The Morgan fingerprint density at radius 3 is 3.05 bits per heavy atom. The number of hydrogen-bond donors (Lipinski definition) is 2. The number of aliphatic carboxylic acids is 1. The van der Waals surface area contributed by atoms with Gasteiger partial charge in [-0.2, -0.15) is 5.10 Å². The molecule has 7 nitrogen and oxygen atoms in total. The lowest BCUT2D eigenvalue weighted by Gasteiger charge is -2.34. The van der Waals surface area contributed by atoms with Crippen molar-refractivity contribution in [2.45, 2.75) is 18.9 Å². The summed E-state index contributed by atoms with van der Waals surface area (Å²) in [6, 6.07) is 7.16. The quantitative estimate of drug-likeness (QED) is 0.871. The first kappa shape index (κ1) is 14.5. The monoisotopic (exact) mass is 303 g/mol. The van der Waals surface area contributed by atoms with Gasteiger partial charge in [0, 0.05) is 11.9 Å². The number of carboxylic acids is 1. The molecule has 2 N–H and O–H groups in total. The summed E-state index contributed by atoms with van der Waals surface area (Å²) >= 11 is 0. The molecule has 2 heterocycles. The van der Waals surface area contributed by atoms with E-state index in [4.69, 9.17) is 9.84 Å². The average molecular weight is 303 g/mol. The van der Waals surface area contributed by atoms with Gasteiger partial charge in [-0.15, -0.1) is 0 Å². The topological polar surface area (TPSA) is 95.5 Å². The van der Waals surface area contributed by atoms with E-state index in [1.54, 1.807) is 4.90 Å². The van der Waals surface area contributed by atoms with Gasteiger partial charge < -0.3 is 14.7 Å². The highest BCUT2D eigenvalue weighted by Crippen LogP contribution is 2.18. The Morgan fingerprint density at radius 1 is 1.41 bits per heavy atom. The van der Waals surface area contributed by atoms with Gasteiger partial charge in [0.2, 0.25) is 5.91 Å². The lowest BCUT2D eigenvalue weighted by molar-refractivity contribution is -0.145. The van der Waals surface area contributed by atoms with Crippen LogP contribution in [0.15, 0.2) is 24.3 Å². The number of carboxylic acid groups (broad SMARTS) is 1. The van der Waals surface area contributed by atoms with E-state index in [1.165, 1.54) is 0 Å². The number of carbonyl (C=O) groups excluding carboxylic acids is 1. The molecule has 3 rings (SSSR count). The highest BCUT2D eigenvalue weighted by molar-refractivity contribution is 5.87. The second kappa shape index (κ2) is 6.15. The number of H-pyrrole nitrogens is 1. The Kier molecular flexibility index (Phi) is 4.06. The highest BCUT2D eigenvalue weighted by Gasteiger charge is 2.29. The number of nitrogens with one attached hydrogen (secondary N) is 1. The Morgan fingerprint density at radius 2 is 2.23 bits per heavy atom. The summed E-state index contributed by atoms with van der Waals surface area (Å²) in [7, 11) is 0. The van der Waals surface area contributed by atoms with Crippen molar-refractivity contribution in [1.29, 1.82) is 0 Å². The second-order valence-electron chi connectivity index (χ2n) is 5.31. The number of amides is 1. The van der Waals surface area contributed by atoms with Crippen molar-refractivity contribution in [2.75, 3.05) is 19.8 Å². The van der Waals surface area contributed by atoms with Crippen LogP contribution in [0.5, 0.6) is 0 Å². The van der Waals surface area contributed by atoms with Crippen molar-refractivity contribution in [3.05, 3.63) is 30.0 Å². The maximum absolute atomic E-state index is 12.5. The summed E-state index contributed by atoms with van der Waals surface area (Å²) < 4.78 is 5.29. The largest absolute Gasteiger partial charge is 0.481 e. The molecular weight excluding hydrogens is 286 g/mol. The van der Waals surface area contributed by atoms with Crippen LogP contribution < -0.4 is 0 Å². The van der Waals surface area contributed by atoms with Crippen LogP contribution in [0.4, 0.5) is 0 Å². The maximum atomic E-state index is 12.5.